The van der Waals surface area contributed by atoms with Crippen LogP contribution in [0, 0.1) is 18.3 Å². The summed E-state index contributed by atoms with van der Waals surface area (Å²) in [5.74, 6) is -0.158. The first kappa shape index (κ1) is 22.0. The number of thiazole rings is 1. The molecule has 0 radical (unpaired) electrons. The van der Waals surface area contributed by atoms with Crippen molar-refractivity contribution in [1.82, 2.24) is 9.97 Å². The molecule has 0 aliphatic rings. The molecule has 1 unspecified atom stereocenters. The minimum atomic E-state index is -0.405. The summed E-state index contributed by atoms with van der Waals surface area (Å²) < 4.78 is 0. The van der Waals surface area contributed by atoms with Crippen LogP contribution in [-0.4, -0.2) is 21.1 Å². The number of nitrogens with zero attached hydrogens (tertiary/aromatic N) is 3. The summed E-state index contributed by atoms with van der Waals surface area (Å²) >= 11 is 2.71. The maximum atomic E-state index is 12.7. The van der Waals surface area contributed by atoms with Crippen molar-refractivity contribution in [2.24, 2.45) is 0 Å². The van der Waals surface area contributed by atoms with Crippen molar-refractivity contribution in [2.45, 2.75) is 50.3 Å². The first-order valence-electron chi connectivity index (χ1n) is 9.90. The highest BCUT2D eigenvalue weighted by atomic mass is 32.2. The number of unbranched alkanes of at least 4 members (excludes halogenated alkanes) is 1. The molecule has 0 saturated carbocycles. The van der Waals surface area contributed by atoms with Gasteiger partial charge in [-0.3, -0.25) is 4.79 Å². The van der Waals surface area contributed by atoms with Gasteiger partial charge in [0.2, 0.25) is 5.91 Å². The molecule has 1 aromatic carbocycles. The molecule has 0 aliphatic carbocycles. The zero-order valence-corrected chi connectivity index (χ0v) is 18.9. The van der Waals surface area contributed by atoms with Crippen molar-refractivity contribution in [2.75, 3.05) is 5.32 Å². The van der Waals surface area contributed by atoms with Gasteiger partial charge in [0, 0.05) is 16.6 Å². The maximum absolute atomic E-state index is 12.7. The number of hydrogen-bond donors (Lipinski definition) is 1. The largest absolute Gasteiger partial charge is 0.301 e. The maximum Gasteiger partial charge on any atom is 0.239 e. The van der Waals surface area contributed by atoms with Gasteiger partial charge in [-0.15, -0.1) is 11.3 Å². The molecule has 0 saturated heterocycles. The van der Waals surface area contributed by atoms with Gasteiger partial charge in [0.1, 0.15) is 11.1 Å². The van der Waals surface area contributed by atoms with Gasteiger partial charge in [0.05, 0.1) is 16.5 Å². The molecule has 3 rings (SSSR count). The van der Waals surface area contributed by atoms with Crippen molar-refractivity contribution in [3.63, 3.8) is 0 Å². The third-order valence-electron chi connectivity index (χ3n) is 4.56. The number of nitrogens with one attached hydrogen (secondary N) is 1. The zero-order valence-electron chi connectivity index (χ0n) is 17.3. The van der Waals surface area contributed by atoms with Crippen molar-refractivity contribution < 1.29 is 4.79 Å². The fourth-order valence-electron chi connectivity index (χ4n) is 2.77. The zero-order chi connectivity index (χ0) is 21.5. The smallest absolute Gasteiger partial charge is 0.239 e. The van der Waals surface area contributed by atoms with E-state index in [1.165, 1.54) is 28.7 Å². The van der Waals surface area contributed by atoms with E-state index in [4.69, 9.17) is 0 Å². The molecule has 7 heteroatoms. The van der Waals surface area contributed by atoms with Crippen LogP contribution >= 0.6 is 23.1 Å². The molecule has 3 aromatic rings. The summed E-state index contributed by atoms with van der Waals surface area (Å²) in [4.78, 5) is 21.8. The quantitative estimate of drug-likeness (QED) is 0.448. The van der Waals surface area contributed by atoms with Crippen LogP contribution < -0.4 is 5.32 Å². The predicted molar refractivity (Wildman–Crippen MR) is 124 cm³/mol. The van der Waals surface area contributed by atoms with E-state index < -0.39 is 5.25 Å². The third kappa shape index (κ3) is 5.68. The Morgan fingerprint density at radius 3 is 2.70 bits per heavy atom. The average molecular weight is 437 g/mol. The van der Waals surface area contributed by atoms with Gasteiger partial charge >= 0.3 is 0 Å². The Kier molecular flexibility index (Phi) is 7.61. The highest BCUT2D eigenvalue weighted by molar-refractivity contribution is 8.00. The number of benzene rings is 1. The van der Waals surface area contributed by atoms with E-state index in [1.807, 2.05) is 49.6 Å². The Labute approximate surface area is 185 Å². The molecule has 2 heterocycles. The van der Waals surface area contributed by atoms with Crippen molar-refractivity contribution in [3.8, 4) is 17.3 Å². The molecular formula is C23H24N4OS2. The van der Waals surface area contributed by atoms with Gasteiger partial charge in [-0.05, 0) is 38.8 Å². The molecule has 154 valence electrons. The van der Waals surface area contributed by atoms with Gasteiger partial charge in [0.15, 0.2) is 5.13 Å². The standard InChI is InChI=1S/C23H24N4OS2/c1-4-5-6-19-12-11-18(13-24)22(25-19)30-16(3)21(28)27-23-26-20(14-29-23)17-9-7-15(2)8-10-17/h7-12,14,16H,4-6H2,1-3H3,(H,26,27,28). The Morgan fingerprint density at radius 1 is 1.23 bits per heavy atom. The molecule has 5 nitrogen and oxygen atoms in total. The topological polar surface area (TPSA) is 78.7 Å². The summed E-state index contributed by atoms with van der Waals surface area (Å²) in [5, 5.41) is 15.0. The Hall–Kier alpha value is -2.69. The van der Waals surface area contributed by atoms with Crippen LogP contribution in [0.15, 0.2) is 46.8 Å². The molecule has 0 aliphatic heterocycles. The Balaban J connectivity index is 1.66. The summed E-state index contributed by atoms with van der Waals surface area (Å²) in [6.45, 7) is 5.99. The van der Waals surface area contributed by atoms with Gasteiger partial charge in [-0.1, -0.05) is 54.9 Å². The number of carbonyl (C=O) groups is 1. The van der Waals surface area contributed by atoms with Gasteiger partial charge in [-0.2, -0.15) is 5.26 Å². The van der Waals surface area contributed by atoms with E-state index >= 15 is 0 Å². The number of aryl methyl sites for hydroxylation is 2. The van der Waals surface area contributed by atoms with Crippen LogP contribution in [0.3, 0.4) is 0 Å². The summed E-state index contributed by atoms with van der Waals surface area (Å²) in [6, 6.07) is 14.0. The lowest BCUT2D eigenvalue weighted by molar-refractivity contribution is -0.115. The number of nitriles is 1. The highest BCUT2D eigenvalue weighted by Crippen LogP contribution is 2.28. The van der Waals surface area contributed by atoms with E-state index in [1.54, 1.807) is 6.07 Å². The minimum absolute atomic E-state index is 0.158. The summed E-state index contributed by atoms with van der Waals surface area (Å²) in [7, 11) is 0. The number of anilines is 1. The van der Waals surface area contributed by atoms with Crippen LogP contribution in [-0.2, 0) is 11.2 Å². The van der Waals surface area contributed by atoms with Crippen LogP contribution in [0.4, 0.5) is 5.13 Å². The van der Waals surface area contributed by atoms with E-state index in [2.05, 4.69) is 28.3 Å². The third-order valence-corrected chi connectivity index (χ3v) is 6.42. The normalized spacial score (nSPS) is 11.7. The molecule has 1 amide bonds. The molecule has 0 spiro atoms. The van der Waals surface area contributed by atoms with E-state index in [-0.39, 0.29) is 5.91 Å². The van der Waals surface area contributed by atoms with Crippen LogP contribution in [0.25, 0.3) is 11.3 Å². The van der Waals surface area contributed by atoms with E-state index in [0.717, 1.165) is 36.2 Å². The number of thioether (sulfide) groups is 1. The highest BCUT2D eigenvalue weighted by Gasteiger charge is 2.19. The lowest BCUT2D eigenvalue weighted by Crippen LogP contribution is -2.22. The Morgan fingerprint density at radius 2 is 2.00 bits per heavy atom. The van der Waals surface area contributed by atoms with Gasteiger partial charge in [0.25, 0.3) is 0 Å². The molecule has 30 heavy (non-hydrogen) atoms. The summed E-state index contributed by atoms with van der Waals surface area (Å²) in [6.07, 6.45) is 3.00. The van der Waals surface area contributed by atoms with Crippen LogP contribution in [0.2, 0.25) is 0 Å². The fourth-order valence-corrected chi connectivity index (χ4v) is 4.40. The second kappa shape index (κ2) is 10.4. The molecule has 1 atom stereocenters. The monoisotopic (exact) mass is 436 g/mol. The first-order chi connectivity index (χ1) is 14.5. The van der Waals surface area contributed by atoms with Crippen molar-refractivity contribution in [3.05, 3.63) is 58.6 Å². The van der Waals surface area contributed by atoms with Gasteiger partial charge < -0.3 is 5.32 Å². The van der Waals surface area contributed by atoms with Crippen LogP contribution in [0.5, 0.6) is 0 Å². The molecular weight excluding hydrogens is 412 g/mol. The number of carbonyl (C=O) groups excluding carboxylic acids is 1. The first-order valence-corrected chi connectivity index (χ1v) is 11.7. The lowest BCUT2D eigenvalue weighted by Gasteiger charge is -2.12. The second-order valence-electron chi connectivity index (χ2n) is 7.02. The average Bonchev–Trinajstić information content (AvgIpc) is 3.21. The second-order valence-corrected chi connectivity index (χ2v) is 9.21. The number of hydrogen-bond acceptors (Lipinski definition) is 6. The number of amides is 1. The number of pyridine rings is 1. The minimum Gasteiger partial charge on any atom is -0.301 e. The molecule has 0 bridgehead atoms. The molecule has 1 N–H and O–H groups in total. The SMILES string of the molecule is CCCCc1ccc(C#N)c(SC(C)C(=O)Nc2nc(-c3ccc(C)cc3)cs2)n1. The fraction of sp³-hybridized carbons (Fsp3) is 0.304. The van der Waals surface area contributed by atoms with Crippen LogP contribution in [0.1, 0.15) is 43.5 Å². The van der Waals surface area contributed by atoms with E-state index in [9.17, 15) is 10.1 Å². The predicted octanol–water partition coefficient (Wildman–Crippen LogP) is 5.85. The molecule has 0 fully saturated rings. The van der Waals surface area contributed by atoms with E-state index in [0.29, 0.717) is 15.7 Å². The lowest BCUT2D eigenvalue weighted by atomic mass is 10.1. The number of rotatable bonds is 8. The van der Waals surface area contributed by atoms with Crippen molar-refractivity contribution in [1.29, 1.82) is 5.26 Å². The van der Waals surface area contributed by atoms with Crippen molar-refractivity contribution >= 4 is 34.1 Å². The summed E-state index contributed by atoms with van der Waals surface area (Å²) in [5.41, 5.74) is 4.50. The van der Waals surface area contributed by atoms with Gasteiger partial charge in [-0.25, -0.2) is 9.97 Å². The molecule has 2 aromatic heterocycles. The Bertz CT molecular complexity index is 1050. The number of aromatic nitrogens is 2.